The maximum Gasteiger partial charge on any atom is 0.194 e. The molecule has 0 saturated carbocycles. The van der Waals surface area contributed by atoms with Crippen molar-refractivity contribution in [2.45, 2.75) is 18.9 Å². The van der Waals surface area contributed by atoms with Crippen LogP contribution in [-0.2, 0) is 13.6 Å². The van der Waals surface area contributed by atoms with Crippen molar-refractivity contribution in [3.63, 3.8) is 0 Å². The van der Waals surface area contributed by atoms with Crippen LogP contribution in [0.4, 0.5) is 0 Å². The summed E-state index contributed by atoms with van der Waals surface area (Å²) in [7, 11) is 7.05. The number of nitrogens with one attached hydrogen (secondary N) is 1. The van der Waals surface area contributed by atoms with Gasteiger partial charge in [-0.25, -0.2) is 4.98 Å². The van der Waals surface area contributed by atoms with E-state index in [-0.39, 0.29) is 0 Å². The van der Waals surface area contributed by atoms with Gasteiger partial charge in [-0.05, 0) is 24.1 Å². The predicted octanol–water partition coefficient (Wildman–Crippen LogP) is 1.40. The van der Waals surface area contributed by atoms with Crippen LogP contribution in [0.1, 0.15) is 23.7 Å². The molecule has 1 aromatic carbocycles. The van der Waals surface area contributed by atoms with Crippen molar-refractivity contribution in [1.82, 2.24) is 25.0 Å². The second-order valence-corrected chi connectivity index (χ2v) is 6.28. The molecule has 1 N–H and O–H groups in total. The summed E-state index contributed by atoms with van der Waals surface area (Å²) in [6, 6.07) is 6.08. The molecule has 1 aliphatic heterocycles. The highest BCUT2D eigenvalue weighted by Crippen LogP contribution is 2.32. The van der Waals surface area contributed by atoms with Gasteiger partial charge in [0.05, 0.1) is 20.8 Å². The summed E-state index contributed by atoms with van der Waals surface area (Å²) in [6.07, 6.45) is 2.61. The summed E-state index contributed by atoms with van der Waals surface area (Å²) >= 11 is 0. The molecule has 0 radical (unpaired) electrons. The Morgan fingerprint density at radius 2 is 2.00 bits per heavy atom. The van der Waals surface area contributed by atoms with Gasteiger partial charge in [-0.2, -0.15) is 5.10 Å². The predicted molar refractivity (Wildman–Crippen MR) is 99.7 cm³/mol. The molecule has 26 heavy (non-hydrogen) atoms. The van der Waals surface area contributed by atoms with E-state index in [0.29, 0.717) is 12.5 Å². The molecule has 1 aromatic heterocycles. The molecule has 1 atom stereocenters. The topological polar surface area (TPSA) is 76.8 Å². The average Bonchev–Trinajstić information content (AvgIpc) is 3.31. The minimum atomic E-state index is 0.410. The summed E-state index contributed by atoms with van der Waals surface area (Å²) in [5, 5.41) is 7.47. The fourth-order valence-corrected chi connectivity index (χ4v) is 3.26. The van der Waals surface area contributed by atoms with Gasteiger partial charge in [0.15, 0.2) is 5.96 Å². The lowest BCUT2D eigenvalue weighted by atomic mass is 9.98. The molecule has 140 valence electrons. The van der Waals surface area contributed by atoms with Crippen molar-refractivity contribution in [2.24, 2.45) is 12.0 Å². The van der Waals surface area contributed by atoms with Crippen LogP contribution in [0.2, 0.25) is 0 Å². The first-order chi connectivity index (χ1) is 12.6. The number of aromatic nitrogens is 3. The number of likely N-dealkylation sites (tertiary alicyclic amines) is 1. The van der Waals surface area contributed by atoms with E-state index in [1.54, 1.807) is 32.3 Å². The third kappa shape index (κ3) is 3.89. The Balaban J connectivity index is 1.66. The van der Waals surface area contributed by atoms with Crippen LogP contribution in [0.25, 0.3) is 0 Å². The Bertz CT molecular complexity index is 751. The van der Waals surface area contributed by atoms with Gasteiger partial charge in [0.25, 0.3) is 0 Å². The van der Waals surface area contributed by atoms with E-state index < -0.39 is 0 Å². The molecule has 0 bridgehead atoms. The van der Waals surface area contributed by atoms with Gasteiger partial charge >= 0.3 is 0 Å². The zero-order valence-corrected chi connectivity index (χ0v) is 15.8. The van der Waals surface area contributed by atoms with Crippen LogP contribution in [0.15, 0.2) is 29.5 Å². The molecule has 1 aliphatic rings. The highest BCUT2D eigenvalue weighted by Gasteiger charge is 2.27. The van der Waals surface area contributed by atoms with Crippen molar-refractivity contribution in [1.29, 1.82) is 0 Å². The fraction of sp³-hybridized carbons (Fsp3) is 0.500. The number of methoxy groups -OCH3 is 2. The lowest BCUT2D eigenvalue weighted by Gasteiger charge is -2.21. The van der Waals surface area contributed by atoms with Gasteiger partial charge in [-0.15, -0.1) is 0 Å². The number of aryl methyl sites for hydroxylation is 1. The number of hydrogen-bond acceptors (Lipinski definition) is 5. The Labute approximate surface area is 153 Å². The minimum Gasteiger partial charge on any atom is -0.497 e. The van der Waals surface area contributed by atoms with E-state index in [9.17, 15) is 0 Å². The molecular formula is C18H26N6O2. The SMILES string of the molecule is CN=C(NCc1ncnn1C)N1CCC(c2cc(OC)cc(OC)c2)C1. The third-order valence-electron chi connectivity index (χ3n) is 4.75. The van der Waals surface area contributed by atoms with E-state index in [1.807, 2.05) is 13.1 Å². The zero-order chi connectivity index (χ0) is 18.5. The number of nitrogens with zero attached hydrogens (tertiary/aromatic N) is 5. The molecule has 2 heterocycles. The first-order valence-corrected chi connectivity index (χ1v) is 8.66. The van der Waals surface area contributed by atoms with Crippen molar-refractivity contribution in [2.75, 3.05) is 34.4 Å². The van der Waals surface area contributed by atoms with Gasteiger partial charge in [0, 0.05) is 39.2 Å². The highest BCUT2D eigenvalue weighted by molar-refractivity contribution is 5.80. The van der Waals surface area contributed by atoms with Crippen LogP contribution in [0.5, 0.6) is 11.5 Å². The van der Waals surface area contributed by atoms with Gasteiger partial charge in [0.1, 0.15) is 23.7 Å². The normalized spacial score (nSPS) is 17.5. The van der Waals surface area contributed by atoms with E-state index in [4.69, 9.17) is 9.47 Å². The zero-order valence-electron chi connectivity index (χ0n) is 15.8. The molecule has 0 aliphatic carbocycles. The monoisotopic (exact) mass is 358 g/mol. The van der Waals surface area contributed by atoms with Crippen molar-refractivity contribution >= 4 is 5.96 Å². The van der Waals surface area contributed by atoms with E-state index in [0.717, 1.165) is 42.8 Å². The van der Waals surface area contributed by atoms with Crippen molar-refractivity contribution in [3.05, 3.63) is 35.9 Å². The van der Waals surface area contributed by atoms with Crippen LogP contribution < -0.4 is 14.8 Å². The molecule has 1 fully saturated rings. The summed E-state index contributed by atoms with van der Waals surface area (Å²) < 4.78 is 12.6. The second-order valence-electron chi connectivity index (χ2n) is 6.28. The van der Waals surface area contributed by atoms with Crippen LogP contribution in [0, 0.1) is 0 Å². The third-order valence-corrected chi connectivity index (χ3v) is 4.75. The van der Waals surface area contributed by atoms with E-state index in [2.05, 4.69) is 37.4 Å². The lowest BCUT2D eigenvalue weighted by molar-refractivity contribution is 0.392. The molecule has 1 unspecified atom stereocenters. The molecule has 8 nitrogen and oxygen atoms in total. The molecule has 8 heteroatoms. The maximum absolute atomic E-state index is 5.40. The van der Waals surface area contributed by atoms with Gasteiger partial charge < -0.3 is 19.7 Å². The summed E-state index contributed by atoms with van der Waals surface area (Å²) in [4.78, 5) is 10.9. The maximum atomic E-state index is 5.40. The number of aliphatic imine (C=N–C) groups is 1. The molecule has 2 aromatic rings. The standard InChI is InChI=1S/C18H26N6O2/c1-19-18(20-10-17-21-12-22-23(17)2)24-6-5-13(11-24)14-7-15(25-3)9-16(8-14)26-4/h7-9,12-13H,5-6,10-11H2,1-4H3,(H,19,20). The van der Waals surface area contributed by atoms with Crippen LogP contribution in [-0.4, -0.2) is 60.0 Å². The number of guanidine groups is 1. The van der Waals surface area contributed by atoms with E-state index in [1.165, 1.54) is 5.56 Å². The minimum absolute atomic E-state index is 0.410. The number of hydrogen-bond donors (Lipinski definition) is 1. The summed E-state index contributed by atoms with van der Waals surface area (Å²) in [6.45, 7) is 2.44. The molecule has 1 saturated heterocycles. The lowest BCUT2D eigenvalue weighted by Crippen LogP contribution is -2.40. The second kappa shape index (κ2) is 8.07. The van der Waals surface area contributed by atoms with E-state index >= 15 is 0 Å². The first kappa shape index (κ1) is 18.0. The van der Waals surface area contributed by atoms with Gasteiger partial charge in [-0.3, -0.25) is 9.67 Å². The highest BCUT2D eigenvalue weighted by atomic mass is 16.5. The molecular weight excluding hydrogens is 332 g/mol. The van der Waals surface area contributed by atoms with Gasteiger partial charge in [-0.1, -0.05) is 0 Å². The Morgan fingerprint density at radius 3 is 2.58 bits per heavy atom. The van der Waals surface area contributed by atoms with Gasteiger partial charge in [0.2, 0.25) is 0 Å². The fourth-order valence-electron chi connectivity index (χ4n) is 3.26. The molecule has 3 rings (SSSR count). The quantitative estimate of drug-likeness (QED) is 0.643. The smallest absolute Gasteiger partial charge is 0.194 e. The first-order valence-electron chi connectivity index (χ1n) is 8.66. The Hall–Kier alpha value is -2.77. The molecule has 0 amide bonds. The summed E-state index contributed by atoms with van der Waals surface area (Å²) in [5.74, 6) is 3.81. The Morgan fingerprint density at radius 1 is 1.27 bits per heavy atom. The van der Waals surface area contributed by atoms with Crippen LogP contribution >= 0.6 is 0 Å². The Kier molecular flexibility index (Phi) is 5.60. The number of ether oxygens (including phenoxy) is 2. The largest absolute Gasteiger partial charge is 0.497 e. The number of benzene rings is 1. The number of rotatable bonds is 5. The van der Waals surface area contributed by atoms with Crippen molar-refractivity contribution < 1.29 is 9.47 Å². The molecule has 0 spiro atoms. The van der Waals surface area contributed by atoms with Crippen LogP contribution in [0.3, 0.4) is 0 Å². The summed E-state index contributed by atoms with van der Waals surface area (Å²) in [5.41, 5.74) is 1.23. The average molecular weight is 358 g/mol. The van der Waals surface area contributed by atoms with Crippen molar-refractivity contribution in [3.8, 4) is 11.5 Å².